The normalized spacial score (nSPS) is 10.0. The van der Waals surface area contributed by atoms with E-state index in [0.717, 1.165) is 4.47 Å². The summed E-state index contributed by atoms with van der Waals surface area (Å²) in [5.41, 5.74) is 1.59. The number of nitriles is 1. The van der Waals surface area contributed by atoms with Crippen LogP contribution in [-0.4, -0.2) is 0 Å². The molecule has 5 heteroatoms. The van der Waals surface area contributed by atoms with Gasteiger partial charge in [0, 0.05) is 21.6 Å². The minimum atomic E-state index is -0.289. The van der Waals surface area contributed by atoms with Gasteiger partial charge in [0.15, 0.2) is 0 Å². The highest BCUT2D eigenvalue weighted by Crippen LogP contribution is 2.22. The third kappa shape index (κ3) is 3.46. The highest BCUT2D eigenvalue weighted by Gasteiger charge is 2.06. The standard InChI is InChI=1S/C14H9BrClFN2/c15-11-1-3-13(17)10(5-11)8-19-14-4-2-12(16)6-9(14)7-18/h1-6,19H,8H2. The van der Waals surface area contributed by atoms with Crippen LogP contribution in [0.25, 0.3) is 0 Å². The van der Waals surface area contributed by atoms with Crippen LogP contribution in [0.5, 0.6) is 0 Å². The Morgan fingerprint density at radius 2 is 2.05 bits per heavy atom. The van der Waals surface area contributed by atoms with Crippen LogP contribution in [-0.2, 0) is 6.54 Å². The fraction of sp³-hybridized carbons (Fsp3) is 0.0714. The van der Waals surface area contributed by atoms with Gasteiger partial charge >= 0.3 is 0 Å². The second-order valence-electron chi connectivity index (χ2n) is 3.89. The van der Waals surface area contributed by atoms with E-state index in [-0.39, 0.29) is 5.82 Å². The van der Waals surface area contributed by atoms with Gasteiger partial charge in [0.05, 0.1) is 11.3 Å². The lowest BCUT2D eigenvalue weighted by atomic mass is 10.1. The van der Waals surface area contributed by atoms with Crippen molar-refractivity contribution in [2.45, 2.75) is 6.54 Å². The molecule has 0 spiro atoms. The van der Waals surface area contributed by atoms with E-state index >= 15 is 0 Å². The van der Waals surface area contributed by atoms with E-state index < -0.39 is 0 Å². The van der Waals surface area contributed by atoms with E-state index in [4.69, 9.17) is 16.9 Å². The van der Waals surface area contributed by atoms with Crippen LogP contribution in [0, 0.1) is 17.1 Å². The molecule has 2 aromatic carbocycles. The molecule has 0 aliphatic rings. The smallest absolute Gasteiger partial charge is 0.128 e. The van der Waals surface area contributed by atoms with Gasteiger partial charge in [-0.3, -0.25) is 0 Å². The summed E-state index contributed by atoms with van der Waals surface area (Å²) in [4.78, 5) is 0. The highest BCUT2D eigenvalue weighted by molar-refractivity contribution is 9.10. The molecule has 96 valence electrons. The monoisotopic (exact) mass is 338 g/mol. The zero-order valence-corrected chi connectivity index (χ0v) is 12.1. The Bertz CT molecular complexity index is 652. The minimum absolute atomic E-state index is 0.289. The fourth-order valence-corrected chi connectivity index (χ4v) is 2.21. The molecule has 0 unspecified atom stereocenters. The summed E-state index contributed by atoms with van der Waals surface area (Å²) in [6.45, 7) is 0.293. The van der Waals surface area contributed by atoms with Crippen molar-refractivity contribution in [3.05, 3.63) is 62.8 Å². The van der Waals surface area contributed by atoms with Gasteiger partial charge in [0.1, 0.15) is 11.9 Å². The van der Waals surface area contributed by atoms with Crippen molar-refractivity contribution in [2.75, 3.05) is 5.32 Å². The molecular weight excluding hydrogens is 331 g/mol. The lowest BCUT2D eigenvalue weighted by molar-refractivity contribution is 0.612. The molecule has 0 amide bonds. The zero-order valence-electron chi connectivity index (χ0n) is 9.75. The quantitative estimate of drug-likeness (QED) is 0.878. The van der Waals surface area contributed by atoms with E-state index in [9.17, 15) is 4.39 Å². The number of nitrogens with zero attached hydrogens (tertiary/aromatic N) is 1. The Labute approximate surface area is 123 Å². The molecule has 0 saturated carbocycles. The Morgan fingerprint density at radius 3 is 2.79 bits per heavy atom. The molecule has 0 aromatic heterocycles. The first-order valence-corrected chi connectivity index (χ1v) is 6.64. The number of hydrogen-bond acceptors (Lipinski definition) is 2. The number of anilines is 1. The third-order valence-electron chi connectivity index (χ3n) is 2.58. The van der Waals surface area contributed by atoms with Crippen molar-refractivity contribution in [3.8, 4) is 6.07 Å². The predicted molar refractivity (Wildman–Crippen MR) is 77.6 cm³/mol. The molecule has 0 fully saturated rings. The van der Waals surface area contributed by atoms with Gasteiger partial charge in [-0.1, -0.05) is 27.5 Å². The van der Waals surface area contributed by atoms with Gasteiger partial charge in [0.2, 0.25) is 0 Å². The summed E-state index contributed by atoms with van der Waals surface area (Å²) in [7, 11) is 0. The maximum atomic E-state index is 13.6. The molecule has 0 bridgehead atoms. The van der Waals surface area contributed by atoms with Gasteiger partial charge in [-0.25, -0.2) is 4.39 Å². The van der Waals surface area contributed by atoms with Gasteiger partial charge in [0.25, 0.3) is 0 Å². The maximum absolute atomic E-state index is 13.6. The molecule has 0 heterocycles. The Balaban J connectivity index is 2.19. The molecule has 1 N–H and O–H groups in total. The summed E-state index contributed by atoms with van der Waals surface area (Å²) >= 11 is 9.11. The van der Waals surface area contributed by atoms with Crippen LogP contribution in [0.1, 0.15) is 11.1 Å². The number of nitrogens with one attached hydrogen (secondary N) is 1. The number of halogens is 3. The SMILES string of the molecule is N#Cc1cc(Cl)ccc1NCc1cc(Br)ccc1F. The molecular formula is C14H9BrClFN2. The van der Waals surface area contributed by atoms with Crippen LogP contribution in [0.2, 0.25) is 5.02 Å². The number of rotatable bonds is 3. The van der Waals surface area contributed by atoms with Crippen molar-refractivity contribution in [3.63, 3.8) is 0 Å². The average molecular weight is 340 g/mol. The Kier molecular flexibility index (Phi) is 4.41. The second-order valence-corrected chi connectivity index (χ2v) is 5.24. The van der Waals surface area contributed by atoms with Gasteiger partial charge in [-0.15, -0.1) is 0 Å². The Hall–Kier alpha value is -1.57. The molecule has 2 rings (SSSR count). The summed E-state index contributed by atoms with van der Waals surface area (Å²) in [6.07, 6.45) is 0. The van der Waals surface area contributed by atoms with Crippen LogP contribution >= 0.6 is 27.5 Å². The fourth-order valence-electron chi connectivity index (χ4n) is 1.63. The van der Waals surface area contributed by atoms with Crippen molar-refractivity contribution in [1.82, 2.24) is 0 Å². The molecule has 2 aromatic rings. The van der Waals surface area contributed by atoms with Crippen molar-refractivity contribution in [2.24, 2.45) is 0 Å². The highest BCUT2D eigenvalue weighted by atomic mass is 79.9. The van der Waals surface area contributed by atoms with Gasteiger partial charge < -0.3 is 5.32 Å². The predicted octanol–water partition coefficient (Wildman–Crippen LogP) is 4.73. The topological polar surface area (TPSA) is 35.8 Å². The maximum Gasteiger partial charge on any atom is 0.128 e. The van der Waals surface area contributed by atoms with Crippen LogP contribution < -0.4 is 5.32 Å². The molecule has 0 saturated heterocycles. The molecule has 0 aliphatic heterocycles. The molecule has 2 nitrogen and oxygen atoms in total. The summed E-state index contributed by atoms with van der Waals surface area (Å²) in [5.74, 6) is -0.289. The van der Waals surface area contributed by atoms with Crippen LogP contribution in [0.3, 0.4) is 0 Å². The van der Waals surface area contributed by atoms with Crippen molar-refractivity contribution >= 4 is 33.2 Å². The first-order valence-electron chi connectivity index (χ1n) is 5.47. The van der Waals surface area contributed by atoms with Crippen molar-refractivity contribution in [1.29, 1.82) is 5.26 Å². The summed E-state index contributed by atoms with van der Waals surface area (Å²) in [6, 6.07) is 11.7. The zero-order chi connectivity index (χ0) is 13.8. The summed E-state index contributed by atoms with van der Waals surface area (Å²) in [5, 5.41) is 12.5. The average Bonchev–Trinajstić information content (AvgIpc) is 2.40. The first-order chi connectivity index (χ1) is 9.10. The number of benzene rings is 2. The molecule has 0 aliphatic carbocycles. The van der Waals surface area contributed by atoms with E-state index in [1.54, 1.807) is 30.3 Å². The lowest BCUT2D eigenvalue weighted by Crippen LogP contribution is -2.03. The van der Waals surface area contributed by atoms with E-state index in [1.807, 2.05) is 6.07 Å². The molecule has 0 radical (unpaired) electrons. The van der Waals surface area contributed by atoms with E-state index in [2.05, 4.69) is 21.2 Å². The van der Waals surface area contributed by atoms with Crippen LogP contribution in [0.15, 0.2) is 40.9 Å². The minimum Gasteiger partial charge on any atom is -0.380 e. The Morgan fingerprint density at radius 1 is 1.26 bits per heavy atom. The van der Waals surface area contributed by atoms with Gasteiger partial charge in [-0.05, 0) is 36.4 Å². The van der Waals surface area contributed by atoms with E-state index in [0.29, 0.717) is 28.4 Å². The largest absolute Gasteiger partial charge is 0.380 e. The molecule has 0 atom stereocenters. The summed E-state index contributed by atoms with van der Waals surface area (Å²) < 4.78 is 14.4. The first kappa shape index (κ1) is 13.9. The van der Waals surface area contributed by atoms with Crippen molar-refractivity contribution < 1.29 is 4.39 Å². The van der Waals surface area contributed by atoms with E-state index in [1.165, 1.54) is 6.07 Å². The number of hydrogen-bond donors (Lipinski definition) is 1. The third-order valence-corrected chi connectivity index (χ3v) is 3.31. The van der Waals surface area contributed by atoms with Gasteiger partial charge in [-0.2, -0.15) is 5.26 Å². The second kappa shape index (κ2) is 6.05. The molecule has 19 heavy (non-hydrogen) atoms. The van der Waals surface area contributed by atoms with Crippen LogP contribution in [0.4, 0.5) is 10.1 Å². The lowest BCUT2D eigenvalue weighted by Gasteiger charge is -2.09.